The molecule has 2 aliphatic carbocycles. The minimum absolute atomic E-state index is 0.363. The molecule has 0 radical (unpaired) electrons. The number of terminal acetylenes is 1. The van der Waals surface area contributed by atoms with Crippen molar-refractivity contribution in [2.45, 2.75) is 18.4 Å². The van der Waals surface area contributed by atoms with E-state index in [2.05, 4.69) is 5.92 Å². The number of hydrogen-bond donors (Lipinski definition) is 1. The van der Waals surface area contributed by atoms with Crippen LogP contribution in [0.15, 0.2) is 12.2 Å². The number of rotatable bonds is 0. The Labute approximate surface area is 60.8 Å². The first-order chi connectivity index (χ1) is 4.76. The molecule has 1 fully saturated rings. The lowest BCUT2D eigenvalue weighted by Gasteiger charge is -2.20. The van der Waals surface area contributed by atoms with Gasteiger partial charge in [0.25, 0.3) is 0 Å². The zero-order chi connectivity index (χ0) is 7.19. The Kier molecular flexibility index (Phi) is 0.988. The molecule has 0 spiro atoms. The maximum absolute atomic E-state index is 9.67. The van der Waals surface area contributed by atoms with Crippen molar-refractivity contribution < 1.29 is 5.11 Å². The maximum atomic E-state index is 9.67. The molecular weight excluding hydrogens is 124 g/mol. The van der Waals surface area contributed by atoms with Crippen molar-refractivity contribution in [1.82, 2.24) is 0 Å². The number of allylic oxidation sites excluding steroid dienone is 1. The predicted octanol–water partition coefficient (Wildman–Crippen LogP) is 0.947. The summed E-state index contributed by atoms with van der Waals surface area (Å²) in [6.07, 6.45) is 11.2. The Morgan fingerprint density at radius 2 is 2.50 bits per heavy atom. The van der Waals surface area contributed by atoms with Crippen molar-refractivity contribution in [3.05, 3.63) is 12.2 Å². The third-order valence-electron chi connectivity index (χ3n) is 2.53. The highest BCUT2D eigenvalue weighted by Gasteiger charge is 2.51. The van der Waals surface area contributed by atoms with Crippen LogP contribution < -0.4 is 0 Å². The van der Waals surface area contributed by atoms with Gasteiger partial charge in [-0.1, -0.05) is 12.0 Å². The summed E-state index contributed by atoms with van der Waals surface area (Å²) >= 11 is 0. The van der Waals surface area contributed by atoms with Crippen LogP contribution in [-0.2, 0) is 0 Å². The zero-order valence-corrected chi connectivity index (χ0v) is 5.75. The van der Waals surface area contributed by atoms with Gasteiger partial charge in [0.1, 0.15) is 5.60 Å². The van der Waals surface area contributed by atoms with E-state index in [-0.39, 0.29) is 0 Å². The standard InChI is InChI=1S/C9H10O/c1-2-9(10)5-3-4-7-6-8(7)9/h1,3,5,7-8,10H,4,6H2. The van der Waals surface area contributed by atoms with Crippen molar-refractivity contribution in [2.24, 2.45) is 11.8 Å². The van der Waals surface area contributed by atoms with Crippen molar-refractivity contribution >= 4 is 0 Å². The maximum Gasteiger partial charge on any atom is 0.146 e. The van der Waals surface area contributed by atoms with Gasteiger partial charge in [-0.15, -0.1) is 6.42 Å². The minimum atomic E-state index is -0.900. The highest BCUT2D eigenvalue weighted by Crippen LogP contribution is 2.51. The molecule has 0 heterocycles. The first kappa shape index (κ1) is 6.00. The summed E-state index contributed by atoms with van der Waals surface area (Å²) in [5.41, 5.74) is -0.900. The summed E-state index contributed by atoms with van der Waals surface area (Å²) in [5, 5.41) is 9.67. The van der Waals surface area contributed by atoms with Crippen LogP contribution in [0.5, 0.6) is 0 Å². The zero-order valence-electron chi connectivity index (χ0n) is 5.75. The molecule has 2 aliphatic rings. The van der Waals surface area contributed by atoms with E-state index >= 15 is 0 Å². The van der Waals surface area contributed by atoms with E-state index < -0.39 is 5.60 Å². The molecule has 1 nitrogen and oxygen atoms in total. The summed E-state index contributed by atoms with van der Waals surface area (Å²) in [6, 6.07) is 0. The molecule has 0 aromatic carbocycles. The van der Waals surface area contributed by atoms with E-state index in [9.17, 15) is 5.11 Å². The monoisotopic (exact) mass is 134 g/mol. The highest BCUT2D eigenvalue weighted by atomic mass is 16.3. The van der Waals surface area contributed by atoms with Gasteiger partial charge in [0.05, 0.1) is 0 Å². The average Bonchev–Trinajstić information content (AvgIpc) is 2.68. The molecule has 0 aliphatic heterocycles. The number of fused-ring (bicyclic) bond motifs is 1. The van der Waals surface area contributed by atoms with Crippen molar-refractivity contribution in [3.63, 3.8) is 0 Å². The first-order valence-corrected chi connectivity index (χ1v) is 3.64. The van der Waals surface area contributed by atoms with Crippen LogP contribution in [0.3, 0.4) is 0 Å². The Balaban J connectivity index is 2.30. The van der Waals surface area contributed by atoms with Crippen LogP contribution in [0, 0.1) is 24.2 Å². The molecule has 3 atom stereocenters. The lowest BCUT2D eigenvalue weighted by Crippen LogP contribution is -2.28. The second kappa shape index (κ2) is 1.65. The van der Waals surface area contributed by atoms with Gasteiger partial charge in [-0.05, 0) is 24.8 Å². The second-order valence-corrected chi connectivity index (χ2v) is 3.21. The Morgan fingerprint density at radius 3 is 3.10 bits per heavy atom. The Bertz CT molecular complexity index is 223. The molecule has 0 aromatic rings. The van der Waals surface area contributed by atoms with Crippen LogP contribution in [0.2, 0.25) is 0 Å². The van der Waals surface area contributed by atoms with E-state index in [0.29, 0.717) is 11.8 Å². The summed E-state index contributed by atoms with van der Waals surface area (Å²) in [6.45, 7) is 0. The smallest absolute Gasteiger partial charge is 0.146 e. The third kappa shape index (κ3) is 0.629. The molecule has 3 unspecified atom stereocenters. The fourth-order valence-electron chi connectivity index (χ4n) is 1.75. The minimum Gasteiger partial charge on any atom is -0.374 e. The fraction of sp³-hybridized carbons (Fsp3) is 0.556. The molecule has 2 rings (SSSR count). The van der Waals surface area contributed by atoms with Gasteiger partial charge >= 0.3 is 0 Å². The molecule has 0 bridgehead atoms. The van der Waals surface area contributed by atoms with E-state index in [1.165, 1.54) is 0 Å². The normalized spacial score (nSPS) is 49.6. The summed E-state index contributed by atoms with van der Waals surface area (Å²) in [5.74, 6) is 3.48. The molecule has 0 saturated heterocycles. The summed E-state index contributed by atoms with van der Waals surface area (Å²) < 4.78 is 0. The van der Waals surface area contributed by atoms with Gasteiger partial charge in [-0.25, -0.2) is 0 Å². The van der Waals surface area contributed by atoms with Crippen molar-refractivity contribution in [1.29, 1.82) is 0 Å². The molecule has 1 heteroatoms. The molecule has 10 heavy (non-hydrogen) atoms. The van der Waals surface area contributed by atoms with Gasteiger partial charge in [0.15, 0.2) is 0 Å². The van der Waals surface area contributed by atoms with Crippen LogP contribution in [0.4, 0.5) is 0 Å². The quantitative estimate of drug-likeness (QED) is 0.386. The van der Waals surface area contributed by atoms with Crippen LogP contribution in [0.25, 0.3) is 0 Å². The van der Waals surface area contributed by atoms with Gasteiger partial charge in [0, 0.05) is 5.92 Å². The topological polar surface area (TPSA) is 20.2 Å². The van der Waals surface area contributed by atoms with Gasteiger partial charge < -0.3 is 5.11 Å². The fourth-order valence-corrected chi connectivity index (χ4v) is 1.75. The lowest BCUT2D eigenvalue weighted by molar-refractivity contribution is 0.118. The molecule has 0 aromatic heterocycles. The van der Waals surface area contributed by atoms with Crippen molar-refractivity contribution in [3.8, 4) is 12.3 Å². The van der Waals surface area contributed by atoms with E-state index in [4.69, 9.17) is 6.42 Å². The van der Waals surface area contributed by atoms with E-state index in [0.717, 1.165) is 12.8 Å². The van der Waals surface area contributed by atoms with Crippen molar-refractivity contribution in [2.75, 3.05) is 0 Å². The molecule has 0 amide bonds. The molecule has 52 valence electrons. The molecule has 1 N–H and O–H groups in total. The molecular formula is C9H10O. The largest absolute Gasteiger partial charge is 0.374 e. The first-order valence-electron chi connectivity index (χ1n) is 3.64. The second-order valence-electron chi connectivity index (χ2n) is 3.21. The predicted molar refractivity (Wildman–Crippen MR) is 39.1 cm³/mol. The van der Waals surface area contributed by atoms with E-state index in [1.807, 2.05) is 6.08 Å². The SMILES string of the molecule is C#CC1(O)C=CCC2CC21. The van der Waals surface area contributed by atoms with Crippen LogP contribution >= 0.6 is 0 Å². The number of hydrogen-bond acceptors (Lipinski definition) is 1. The van der Waals surface area contributed by atoms with E-state index in [1.54, 1.807) is 6.08 Å². The summed E-state index contributed by atoms with van der Waals surface area (Å²) in [4.78, 5) is 0. The van der Waals surface area contributed by atoms with Gasteiger partial charge in [-0.3, -0.25) is 0 Å². The Morgan fingerprint density at radius 1 is 1.70 bits per heavy atom. The van der Waals surface area contributed by atoms with Gasteiger partial charge in [0.2, 0.25) is 0 Å². The number of aliphatic hydroxyl groups is 1. The highest BCUT2D eigenvalue weighted by molar-refractivity contribution is 5.29. The molecule has 1 saturated carbocycles. The van der Waals surface area contributed by atoms with Crippen LogP contribution in [0.1, 0.15) is 12.8 Å². The lowest BCUT2D eigenvalue weighted by atomic mass is 9.92. The average molecular weight is 134 g/mol. The summed E-state index contributed by atoms with van der Waals surface area (Å²) in [7, 11) is 0. The van der Waals surface area contributed by atoms with Gasteiger partial charge in [-0.2, -0.15) is 0 Å². The third-order valence-corrected chi connectivity index (χ3v) is 2.53. The van der Waals surface area contributed by atoms with Crippen LogP contribution in [-0.4, -0.2) is 10.7 Å². The Hall–Kier alpha value is -0.740.